The molecule has 0 unspecified atom stereocenters. The minimum Gasteiger partial charge on any atom is -0.452 e. The predicted molar refractivity (Wildman–Crippen MR) is 290 cm³/mol. The average molecular weight is 893 g/mol. The summed E-state index contributed by atoms with van der Waals surface area (Å²) in [6, 6.07) is 78.6. The van der Waals surface area contributed by atoms with E-state index in [0.29, 0.717) is 0 Å². The molecular formula is C66H36O4. The Bertz CT molecular complexity index is 4640. The summed E-state index contributed by atoms with van der Waals surface area (Å²) >= 11 is 0. The number of fused-ring (bicyclic) bond motifs is 17. The van der Waals surface area contributed by atoms with Crippen LogP contribution < -0.4 is 0 Å². The molecule has 0 saturated heterocycles. The zero-order chi connectivity index (χ0) is 45.6. The van der Waals surface area contributed by atoms with Crippen molar-refractivity contribution in [3.8, 4) is 44.5 Å². The van der Waals surface area contributed by atoms with Crippen LogP contribution in [0.1, 0.15) is 0 Å². The van der Waals surface area contributed by atoms with E-state index >= 15 is 0 Å². The molecule has 0 amide bonds. The van der Waals surface area contributed by atoms with Gasteiger partial charge in [0, 0.05) is 43.1 Å². The zero-order valence-corrected chi connectivity index (χ0v) is 37.4. The third-order valence-corrected chi connectivity index (χ3v) is 14.8. The van der Waals surface area contributed by atoms with Crippen molar-refractivity contribution >= 4 is 120 Å². The number of rotatable bonds is 4. The number of benzene rings is 12. The van der Waals surface area contributed by atoms with E-state index in [1.54, 1.807) is 0 Å². The fourth-order valence-electron chi connectivity index (χ4n) is 11.6. The summed E-state index contributed by atoms with van der Waals surface area (Å²) in [5.74, 6) is 0. The number of hydrogen-bond donors (Lipinski definition) is 0. The van der Waals surface area contributed by atoms with E-state index in [1.807, 2.05) is 24.3 Å². The van der Waals surface area contributed by atoms with Crippen molar-refractivity contribution in [2.45, 2.75) is 0 Å². The Balaban J connectivity index is 0.946. The van der Waals surface area contributed by atoms with Gasteiger partial charge < -0.3 is 17.7 Å². The SMILES string of the molecule is c1ccc2cc(-c3c4ccccc4c(-c4cc(-c5ccc6oc7c(ccc8c9ccccc9oc87)c6c5)cc(-c5ccc6oc7c(ccc8c9ccccc9oc87)c6c5)c4)c4ccccc34)ccc2c1. The summed E-state index contributed by atoms with van der Waals surface area (Å²) in [6.07, 6.45) is 0. The first kappa shape index (κ1) is 37.7. The van der Waals surface area contributed by atoms with E-state index in [0.717, 1.165) is 116 Å². The Labute approximate surface area is 398 Å². The third-order valence-electron chi connectivity index (χ3n) is 14.8. The topological polar surface area (TPSA) is 52.6 Å². The molecule has 12 aromatic carbocycles. The van der Waals surface area contributed by atoms with Gasteiger partial charge in [0.2, 0.25) is 0 Å². The van der Waals surface area contributed by atoms with Crippen molar-refractivity contribution in [3.05, 3.63) is 218 Å². The van der Waals surface area contributed by atoms with Gasteiger partial charge in [-0.25, -0.2) is 0 Å². The molecule has 0 radical (unpaired) electrons. The lowest BCUT2D eigenvalue weighted by Crippen LogP contribution is -1.92. The van der Waals surface area contributed by atoms with E-state index in [-0.39, 0.29) is 0 Å². The molecule has 70 heavy (non-hydrogen) atoms. The molecule has 16 rings (SSSR count). The number of para-hydroxylation sites is 2. The van der Waals surface area contributed by atoms with Crippen molar-refractivity contribution in [2.24, 2.45) is 0 Å². The first-order valence-corrected chi connectivity index (χ1v) is 23.8. The van der Waals surface area contributed by atoms with Gasteiger partial charge in [0.15, 0.2) is 22.3 Å². The molecular weight excluding hydrogens is 857 g/mol. The Hall–Kier alpha value is -9.38. The number of furan rings is 4. The molecule has 0 N–H and O–H groups in total. The highest BCUT2D eigenvalue weighted by molar-refractivity contribution is 6.23. The van der Waals surface area contributed by atoms with E-state index in [4.69, 9.17) is 17.7 Å². The highest BCUT2D eigenvalue weighted by atomic mass is 16.4. The highest BCUT2D eigenvalue weighted by Crippen LogP contribution is 2.48. The van der Waals surface area contributed by atoms with E-state index in [2.05, 4.69) is 194 Å². The van der Waals surface area contributed by atoms with Crippen LogP contribution in [0.2, 0.25) is 0 Å². The lowest BCUT2D eigenvalue weighted by molar-refractivity contribution is 0.633. The van der Waals surface area contributed by atoms with Crippen LogP contribution in [0.3, 0.4) is 0 Å². The van der Waals surface area contributed by atoms with Gasteiger partial charge in [0.05, 0.1) is 0 Å². The maximum absolute atomic E-state index is 6.64. The minimum atomic E-state index is 0.764. The van der Waals surface area contributed by atoms with E-state index < -0.39 is 0 Å². The van der Waals surface area contributed by atoms with Gasteiger partial charge in [-0.1, -0.05) is 133 Å². The minimum absolute atomic E-state index is 0.764. The molecule has 0 aliphatic carbocycles. The molecule has 0 saturated carbocycles. The Morgan fingerprint density at radius 1 is 0.186 bits per heavy atom. The molecule has 16 aromatic rings. The van der Waals surface area contributed by atoms with Gasteiger partial charge >= 0.3 is 0 Å². The molecule has 324 valence electrons. The van der Waals surface area contributed by atoms with Crippen LogP contribution in [0.15, 0.2) is 236 Å². The molecule has 0 aliphatic heterocycles. The highest BCUT2D eigenvalue weighted by Gasteiger charge is 2.22. The smallest absolute Gasteiger partial charge is 0.178 e. The summed E-state index contributed by atoms with van der Waals surface area (Å²) in [7, 11) is 0. The van der Waals surface area contributed by atoms with Crippen molar-refractivity contribution in [2.75, 3.05) is 0 Å². The summed E-state index contributed by atoms with van der Waals surface area (Å²) in [4.78, 5) is 0. The van der Waals surface area contributed by atoms with Crippen molar-refractivity contribution < 1.29 is 17.7 Å². The molecule has 4 heteroatoms. The molecule has 4 nitrogen and oxygen atoms in total. The van der Waals surface area contributed by atoms with Crippen LogP contribution in [0.5, 0.6) is 0 Å². The van der Waals surface area contributed by atoms with Crippen LogP contribution in [-0.4, -0.2) is 0 Å². The van der Waals surface area contributed by atoms with Crippen LogP contribution in [0.4, 0.5) is 0 Å². The zero-order valence-electron chi connectivity index (χ0n) is 37.4. The second kappa shape index (κ2) is 14.1. The lowest BCUT2D eigenvalue weighted by Gasteiger charge is -2.19. The summed E-state index contributed by atoms with van der Waals surface area (Å²) in [5.41, 5.74) is 15.6. The first-order valence-electron chi connectivity index (χ1n) is 23.8. The molecule has 0 aliphatic rings. The van der Waals surface area contributed by atoms with Crippen LogP contribution >= 0.6 is 0 Å². The predicted octanol–water partition coefficient (Wildman–Crippen LogP) is 19.4. The standard InChI is InChI=1S/C66H36O4/c1-2-12-38-31-41(22-21-37(38)11-1)61-47-15-3-5-17-49(47)62(50-18-6-4-16-48(50)61)44-33-42(39-23-29-59-55(35-39)53-27-25-51-45-13-7-9-19-57(45)67-63(51)65(53)69-59)32-43(34-44)40-24-30-60-56(36-40)54-28-26-52-46-14-8-10-20-58(46)68-64(52)66(54)70-60/h1-36H. The van der Waals surface area contributed by atoms with Crippen LogP contribution in [-0.2, 0) is 0 Å². The monoisotopic (exact) mass is 892 g/mol. The maximum Gasteiger partial charge on any atom is 0.178 e. The first-order chi connectivity index (χ1) is 34.7. The largest absolute Gasteiger partial charge is 0.452 e. The van der Waals surface area contributed by atoms with Gasteiger partial charge in [-0.15, -0.1) is 0 Å². The van der Waals surface area contributed by atoms with Crippen LogP contribution in [0, 0.1) is 0 Å². The lowest BCUT2D eigenvalue weighted by atomic mass is 9.84. The Morgan fingerprint density at radius 3 is 1.03 bits per heavy atom. The molecule has 0 fully saturated rings. The van der Waals surface area contributed by atoms with E-state index in [9.17, 15) is 0 Å². The molecule has 0 atom stereocenters. The second-order valence-electron chi connectivity index (χ2n) is 18.7. The second-order valence-corrected chi connectivity index (χ2v) is 18.7. The quantitative estimate of drug-likeness (QED) is 0.165. The summed E-state index contributed by atoms with van der Waals surface area (Å²) in [5, 5.41) is 15.7. The average Bonchev–Trinajstić information content (AvgIpc) is 4.20. The van der Waals surface area contributed by atoms with Gasteiger partial charge in [-0.3, -0.25) is 0 Å². The van der Waals surface area contributed by atoms with Gasteiger partial charge in [0.1, 0.15) is 22.3 Å². The molecule has 4 heterocycles. The summed E-state index contributed by atoms with van der Waals surface area (Å²) in [6.45, 7) is 0. The third kappa shape index (κ3) is 5.36. The van der Waals surface area contributed by atoms with E-state index in [1.165, 1.54) is 49.0 Å². The maximum atomic E-state index is 6.64. The molecule has 4 aromatic heterocycles. The molecule has 0 spiro atoms. The molecule has 0 bridgehead atoms. The Morgan fingerprint density at radius 2 is 0.543 bits per heavy atom. The fraction of sp³-hybridized carbons (Fsp3) is 0. The normalized spacial score (nSPS) is 12.3. The van der Waals surface area contributed by atoms with Gasteiger partial charge in [0.25, 0.3) is 0 Å². The van der Waals surface area contributed by atoms with Crippen LogP contribution in [0.25, 0.3) is 165 Å². The fourth-order valence-corrected chi connectivity index (χ4v) is 11.6. The van der Waals surface area contributed by atoms with Crippen molar-refractivity contribution in [1.29, 1.82) is 0 Å². The van der Waals surface area contributed by atoms with Crippen molar-refractivity contribution in [3.63, 3.8) is 0 Å². The van der Waals surface area contributed by atoms with Crippen molar-refractivity contribution in [1.82, 2.24) is 0 Å². The van der Waals surface area contributed by atoms with Gasteiger partial charge in [-0.05, 0) is 162 Å². The summed E-state index contributed by atoms with van der Waals surface area (Å²) < 4.78 is 26.2. The van der Waals surface area contributed by atoms with Gasteiger partial charge in [-0.2, -0.15) is 0 Å². The number of hydrogen-bond acceptors (Lipinski definition) is 4. The Kier molecular flexibility index (Phi) is 7.58.